The van der Waals surface area contributed by atoms with E-state index in [2.05, 4.69) is 63.8 Å². The van der Waals surface area contributed by atoms with Crippen molar-refractivity contribution in [2.75, 3.05) is 24.5 Å². The predicted molar refractivity (Wildman–Crippen MR) is 123 cm³/mol. The van der Waals surface area contributed by atoms with Gasteiger partial charge in [-0.15, -0.1) is 11.3 Å². The largest absolute Gasteiger partial charge is 0.357 e. The molecule has 0 atom stereocenters. The molecule has 0 aliphatic carbocycles. The summed E-state index contributed by atoms with van der Waals surface area (Å²) in [5.74, 6) is 2.37. The molecular formula is C22H34N6S. The Morgan fingerprint density at radius 1 is 1.17 bits per heavy atom. The summed E-state index contributed by atoms with van der Waals surface area (Å²) >= 11 is 1.70. The molecule has 158 valence electrons. The topological polar surface area (TPSA) is 65.4 Å². The molecule has 29 heavy (non-hydrogen) atoms. The normalized spacial score (nSPS) is 15.4. The summed E-state index contributed by atoms with van der Waals surface area (Å²) in [7, 11) is 0. The fraction of sp³-hybridized carbons (Fsp3) is 0.591. The van der Waals surface area contributed by atoms with Gasteiger partial charge in [-0.3, -0.25) is 0 Å². The molecule has 3 rings (SSSR count). The van der Waals surface area contributed by atoms with Crippen LogP contribution in [0.2, 0.25) is 0 Å². The smallest absolute Gasteiger partial charge is 0.191 e. The lowest BCUT2D eigenvalue weighted by molar-refractivity contribution is 0.726. The van der Waals surface area contributed by atoms with Crippen LogP contribution in [0.15, 0.2) is 28.7 Å². The van der Waals surface area contributed by atoms with Gasteiger partial charge in [0, 0.05) is 31.2 Å². The zero-order chi connectivity index (χ0) is 20.5. The highest BCUT2D eigenvalue weighted by molar-refractivity contribution is 7.09. The van der Waals surface area contributed by atoms with Crippen LogP contribution < -0.4 is 15.5 Å². The van der Waals surface area contributed by atoms with E-state index in [1.54, 1.807) is 11.3 Å². The van der Waals surface area contributed by atoms with Crippen molar-refractivity contribution in [2.24, 2.45) is 4.99 Å². The van der Waals surface area contributed by atoms with E-state index in [1.165, 1.54) is 25.7 Å². The van der Waals surface area contributed by atoms with Crippen molar-refractivity contribution in [1.82, 2.24) is 20.6 Å². The number of hydrogen-bond acceptors (Lipinski definition) is 5. The molecule has 2 N–H and O–H groups in total. The number of guanidine groups is 1. The highest BCUT2D eigenvalue weighted by atomic mass is 32.1. The summed E-state index contributed by atoms with van der Waals surface area (Å²) < 4.78 is 0. The third-order valence-electron chi connectivity index (χ3n) is 5.07. The number of hydrogen-bond donors (Lipinski definition) is 2. The zero-order valence-electron chi connectivity index (χ0n) is 17.9. The molecule has 0 spiro atoms. The summed E-state index contributed by atoms with van der Waals surface area (Å²) in [6.45, 7) is 10.8. The number of anilines is 1. The van der Waals surface area contributed by atoms with Gasteiger partial charge < -0.3 is 15.5 Å². The van der Waals surface area contributed by atoms with Crippen LogP contribution in [0.3, 0.4) is 0 Å². The Hall–Kier alpha value is -2.15. The van der Waals surface area contributed by atoms with Gasteiger partial charge in [0.25, 0.3) is 0 Å². The van der Waals surface area contributed by atoms with E-state index >= 15 is 0 Å². The first-order chi connectivity index (χ1) is 14.2. The first kappa shape index (κ1) is 21.6. The molecule has 2 aromatic heterocycles. The molecule has 1 aliphatic rings. The van der Waals surface area contributed by atoms with Crippen molar-refractivity contribution in [3.63, 3.8) is 0 Å². The van der Waals surface area contributed by atoms with Crippen molar-refractivity contribution in [3.05, 3.63) is 40.0 Å². The maximum absolute atomic E-state index is 4.72. The van der Waals surface area contributed by atoms with E-state index < -0.39 is 0 Å². The van der Waals surface area contributed by atoms with E-state index in [9.17, 15) is 0 Å². The molecule has 3 heterocycles. The number of thiazole rings is 1. The lowest BCUT2D eigenvalue weighted by Gasteiger charge is -2.21. The summed E-state index contributed by atoms with van der Waals surface area (Å²) in [6.07, 6.45) is 7.17. The second kappa shape index (κ2) is 11.1. The van der Waals surface area contributed by atoms with Gasteiger partial charge in [-0.1, -0.05) is 32.8 Å². The molecule has 0 aromatic carbocycles. The molecule has 0 bridgehead atoms. The zero-order valence-corrected chi connectivity index (χ0v) is 18.8. The molecule has 6 nitrogen and oxygen atoms in total. The van der Waals surface area contributed by atoms with Gasteiger partial charge in [0.05, 0.1) is 18.8 Å². The summed E-state index contributed by atoms with van der Waals surface area (Å²) in [5, 5.41) is 9.93. The van der Waals surface area contributed by atoms with Crippen molar-refractivity contribution in [2.45, 2.75) is 65.5 Å². The van der Waals surface area contributed by atoms with Gasteiger partial charge in [0.15, 0.2) is 5.96 Å². The van der Waals surface area contributed by atoms with Crippen LogP contribution in [-0.4, -0.2) is 35.6 Å². The third kappa shape index (κ3) is 6.70. The number of aromatic nitrogens is 2. The Balaban J connectivity index is 1.55. The van der Waals surface area contributed by atoms with Gasteiger partial charge in [0.1, 0.15) is 10.8 Å². The molecule has 0 radical (unpaired) electrons. The Morgan fingerprint density at radius 3 is 2.59 bits per heavy atom. The van der Waals surface area contributed by atoms with E-state index in [0.29, 0.717) is 19.0 Å². The van der Waals surface area contributed by atoms with Crippen LogP contribution in [0.5, 0.6) is 0 Å². The van der Waals surface area contributed by atoms with Crippen molar-refractivity contribution in [1.29, 1.82) is 0 Å². The highest BCUT2D eigenvalue weighted by Gasteiger charge is 2.11. The van der Waals surface area contributed by atoms with E-state index in [-0.39, 0.29) is 0 Å². The van der Waals surface area contributed by atoms with E-state index in [0.717, 1.165) is 47.7 Å². The minimum atomic E-state index is 0.465. The number of rotatable bonds is 7. The predicted octanol–water partition coefficient (Wildman–Crippen LogP) is 4.30. The van der Waals surface area contributed by atoms with Gasteiger partial charge in [-0.2, -0.15) is 0 Å². The first-order valence-corrected chi connectivity index (χ1v) is 11.7. The summed E-state index contributed by atoms with van der Waals surface area (Å²) in [5.41, 5.74) is 2.28. The van der Waals surface area contributed by atoms with Gasteiger partial charge in [0.2, 0.25) is 0 Å². The van der Waals surface area contributed by atoms with Crippen LogP contribution in [-0.2, 0) is 13.1 Å². The highest BCUT2D eigenvalue weighted by Crippen LogP contribution is 2.18. The van der Waals surface area contributed by atoms with Gasteiger partial charge >= 0.3 is 0 Å². The van der Waals surface area contributed by atoms with Gasteiger partial charge in [-0.25, -0.2) is 15.0 Å². The standard InChI is InChI=1S/C22H34N6S/c1-4-23-22(26-15-21-27-19(16-29-21)17(2)3)25-14-18-9-10-20(24-13-18)28-11-7-5-6-8-12-28/h9-10,13,16-17H,4-8,11-12,14-15H2,1-3H3,(H2,23,25,26). The SMILES string of the molecule is CCNC(=NCc1ccc(N2CCCCCC2)nc1)NCc1nc(C(C)C)cs1. The van der Waals surface area contributed by atoms with Crippen LogP contribution in [0.4, 0.5) is 5.82 Å². The maximum atomic E-state index is 4.72. The molecule has 0 amide bonds. The Kier molecular flexibility index (Phi) is 8.28. The monoisotopic (exact) mass is 414 g/mol. The molecular weight excluding hydrogens is 380 g/mol. The quantitative estimate of drug-likeness (QED) is 0.522. The Morgan fingerprint density at radius 2 is 1.97 bits per heavy atom. The second-order valence-electron chi connectivity index (χ2n) is 7.80. The number of nitrogens with one attached hydrogen (secondary N) is 2. The minimum Gasteiger partial charge on any atom is -0.357 e. The minimum absolute atomic E-state index is 0.465. The molecule has 7 heteroatoms. The summed E-state index contributed by atoms with van der Waals surface area (Å²) in [6, 6.07) is 4.29. The number of aliphatic imine (C=N–C) groups is 1. The number of nitrogens with zero attached hydrogens (tertiary/aromatic N) is 4. The van der Waals surface area contributed by atoms with Crippen LogP contribution in [0.25, 0.3) is 0 Å². The lowest BCUT2D eigenvalue weighted by atomic mass is 10.2. The second-order valence-corrected chi connectivity index (χ2v) is 8.74. The Labute approximate surface area is 178 Å². The fourth-order valence-electron chi connectivity index (χ4n) is 3.34. The molecule has 1 fully saturated rings. The molecule has 1 saturated heterocycles. The third-order valence-corrected chi connectivity index (χ3v) is 5.94. The van der Waals surface area contributed by atoms with E-state index in [4.69, 9.17) is 4.99 Å². The molecule has 2 aromatic rings. The lowest BCUT2D eigenvalue weighted by Crippen LogP contribution is -2.36. The van der Waals surface area contributed by atoms with E-state index in [1.807, 2.05) is 6.20 Å². The maximum Gasteiger partial charge on any atom is 0.191 e. The average molecular weight is 415 g/mol. The van der Waals surface area contributed by atoms with Crippen LogP contribution >= 0.6 is 11.3 Å². The van der Waals surface area contributed by atoms with Gasteiger partial charge in [-0.05, 0) is 37.3 Å². The molecule has 0 unspecified atom stereocenters. The Bertz CT molecular complexity index is 760. The first-order valence-electron chi connectivity index (χ1n) is 10.8. The van der Waals surface area contributed by atoms with Crippen molar-refractivity contribution >= 4 is 23.1 Å². The average Bonchev–Trinajstić information content (AvgIpc) is 3.05. The summed E-state index contributed by atoms with van der Waals surface area (Å²) in [4.78, 5) is 16.5. The van der Waals surface area contributed by atoms with Crippen molar-refractivity contribution in [3.8, 4) is 0 Å². The van der Waals surface area contributed by atoms with Crippen molar-refractivity contribution < 1.29 is 0 Å². The van der Waals surface area contributed by atoms with Crippen LogP contribution in [0, 0.1) is 0 Å². The number of pyridine rings is 1. The van der Waals surface area contributed by atoms with Crippen LogP contribution in [0.1, 0.15) is 68.6 Å². The fourth-order valence-corrected chi connectivity index (χ4v) is 4.24. The molecule has 1 aliphatic heterocycles. The molecule has 0 saturated carbocycles.